The molecule has 0 saturated carbocycles. The number of hydrogen-bond acceptors (Lipinski definition) is 5. The fourth-order valence-corrected chi connectivity index (χ4v) is 4.34. The minimum atomic E-state index is -1.20. The molecule has 180 valence electrons. The van der Waals surface area contributed by atoms with Crippen molar-refractivity contribution in [2.24, 2.45) is 0 Å². The van der Waals surface area contributed by atoms with Crippen LogP contribution in [-0.4, -0.2) is 49.4 Å². The van der Waals surface area contributed by atoms with E-state index in [9.17, 15) is 19.5 Å². The normalized spacial score (nSPS) is 12.9. The van der Waals surface area contributed by atoms with Crippen LogP contribution in [0.2, 0.25) is 0 Å². The van der Waals surface area contributed by atoms with Crippen LogP contribution in [0.15, 0.2) is 66.7 Å². The van der Waals surface area contributed by atoms with E-state index in [4.69, 9.17) is 9.47 Å². The summed E-state index contributed by atoms with van der Waals surface area (Å²) in [6.45, 7) is 1.66. The van der Waals surface area contributed by atoms with Crippen LogP contribution in [0.3, 0.4) is 0 Å². The first-order valence-corrected chi connectivity index (χ1v) is 11.1. The predicted octanol–water partition coefficient (Wildman–Crippen LogP) is 4.19. The second-order valence-electron chi connectivity index (χ2n) is 8.25. The minimum absolute atomic E-state index is 0.0694. The molecule has 2 amide bonds. The maximum Gasteiger partial charge on any atom is 0.411 e. The highest BCUT2D eigenvalue weighted by Crippen LogP contribution is 2.44. The summed E-state index contributed by atoms with van der Waals surface area (Å²) < 4.78 is 10.4. The van der Waals surface area contributed by atoms with Crippen LogP contribution in [0, 0.1) is 6.92 Å². The number of aliphatic carboxylic acids is 1. The molecule has 0 aliphatic heterocycles. The molecule has 3 N–H and O–H groups in total. The lowest BCUT2D eigenvalue weighted by atomic mass is 9.98. The molecule has 0 saturated heterocycles. The van der Waals surface area contributed by atoms with Gasteiger partial charge in [0.15, 0.2) is 6.04 Å². The average Bonchev–Trinajstić information content (AvgIpc) is 3.17. The van der Waals surface area contributed by atoms with Gasteiger partial charge in [-0.25, -0.2) is 9.59 Å². The van der Waals surface area contributed by atoms with Crippen molar-refractivity contribution in [3.05, 3.63) is 89.0 Å². The Hall–Kier alpha value is -4.17. The van der Waals surface area contributed by atoms with E-state index in [2.05, 4.69) is 22.8 Å². The summed E-state index contributed by atoms with van der Waals surface area (Å²) in [7, 11) is 1.35. The second kappa shape index (κ2) is 10.4. The van der Waals surface area contributed by atoms with Gasteiger partial charge in [0.05, 0.1) is 6.61 Å². The fraction of sp³-hybridized carbons (Fsp3) is 0.222. The van der Waals surface area contributed by atoms with Gasteiger partial charge in [0.25, 0.3) is 5.91 Å². The molecule has 0 fully saturated rings. The fourth-order valence-electron chi connectivity index (χ4n) is 4.34. The molecule has 1 aliphatic carbocycles. The highest BCUT2D eigenvalue weighted by molar-refractivity contribution is 6.00. The molecular formula is C27H26N2O6. The van der Waals surface area contributed by atoms with Crippen LogP contribution >= 0.6 is 0 Å². The number of carbonyl (C=O) groups is 3. The molecule has 0 aromatic heterocycles. The zero-order valence-electron chi connectivity index (χ0n) is 19.4. The Morgan fingerprint density at radius 1 is 0.943 bits per heavy atom. The Labute approximate surface area is 202 Å². The van der Waals surface area contributed by atoms with E-state index in [0.717, 1.165) is 22.3 Å². The number of fused-ring (bicyclic) bond motifs is 3. The summed E-state index contributed by atoms with van der Waals surface area (Å²) in [5.74, 6) is -1.85. The summed E-state index contributed by atoms with van der Waals surface area (Å²) in [6, 6.07) is 19.8. The number of methoxy groups -OCH3 is 1. The van der Waals surface area contributed by atoms with Crippen molar-refractivity contribution >= 4 is 23.7 Å². The Morgan fingerprint density at radius 3 is 2.17 bits per heavy atom. The van der Waals surface area contributed by atoms with E-state index in [1.165, 1.54) is 7.11 Å². The van der Waals surface area contributed by atoms with Crippen LogP contribution in [-0.2, 0) is 14.3 Å². The number of benzene rings is 3. The molecule has 0 bridgehead atoms. The molecule has 0 radical (unpaired) electrons. The summed E-state index contributed by atoms with van der Waals surface area (Å²) in [5.41, 5.74) is 5.62. The lowest BCUT2D eigenvalue weighted by molar-refractivity contribution is -0.140. The van der Waals surface area contributed by atoms with Gasteiger partial charge in [0.1, 0.15) is 6.61 Å². The Bertz CT molecular complexity index is 1230. The molecule has 3 aromatic carbocycles. The van der Waals surface area contributed by atoms with Crippen molar-refractivity contribution in [3.8, 4) is 11.1 Å². The molecule has 8 heteroatoms. The zero-order chi connectivity index (χ0) is 24.9. The van der Waals surface area contributed by atoms with Crippen LogP contribution in [0.4, 0.5) is 10.5 Å². The number of amides is 2. The first-order valence-electron chi connectivity index (χ1n) is 11.1. The molecule has 3 aromatic rings. The van der Waals surface area contributed by atoms with Crippen molar-refractivity contribution in [2.75, 3.05) is 25.6 Å². The van der Waals surface area contributed by atoms with Gasteiger partial charge in [0.2, 0.25) is 0 Å². The number of hydrogen-bond donors (Lipinski definition) is 3. The van der Waals surface area contributed by atoms with E-state index in [1.54, 1.807) is 25.1 Å². The molecular weight excluding hydrogens is 448 g/mol. The standard InChI is InChI=1S/C27H26N2O6/c1-16-17(25(30)28-24(15-34-2)26(31)32)12-7-13-23(16)29-27(33)35-14-22-20-10-5-3-8-18(20)19-9-4-6-11-21(19)22/h3-13,22,24H,14-15H2,1-2H3,(H,28,30)(H,29,33)(H,31,32)/t24-/m0/s1. The maximum absolute atomic E-state index is 12.7. The van der Waals surface area contributed by atoms with Crippen molar-refractivity contribution in [2.45, 2.75) is 18.9 Å². The highest BCUT2D eigenvalue weighted by atomic mass is 16.5. The molecule has 35 heavy (non-hydrogen) atoms. The third-order valence-electron chi connectivity index (χ3n) is 6.10. The van der Waals surface area contributed by atoms with Gasteiger partial charge in [-0.15, -0.1) is 0 Å². The zero-order valence-corrected chi connectivity index (χ0v) is 19.4. The number of anilines is 1. The van der Waals surface area contributed by atoms with Crippen LogP contribution in [0.25, 0.3) is 11.1 Å². The molecule has 1 aliphatic rings. The van der Waals surface area contributed by atoms with Gasteiger partial charge < -0.3 is 19.9 Å². The molecule has 0 spiro atoms. The lowest BCUT2D eigenvalue weighted by Crippen LogP contribution is -2.44. The van der Waals surface area contributed by atoms with Crippen molar-refractivity contribution in [1.29, 1.82) is 0 Å². The lowest BCUT2D eigenvalue weighted by Gasteiger charge is -2.17. The highest BCUT2D eigenvalue weighted by Gasteiger charge is 2.29. The Balaban J connectivity index is 1.44. The minimum Gasteiger partial charge on any atom is -0.480 e. The summed E-state index contributed by atoms with van der Waals surface area (Å²) in [5, 5.41) is 14.4. The van der Waals surface area contributed by atoms with Gasteiger partial charge in [-0.2, -0.15) is 0 Å². The Kier molecular flexibility index (Phi) is 7.12. The number of carboxylic acid groups (broad SMARTS) is 1. The van der Waals surface area contributed by atoms with E-state index in [0.29, 0.717) is 11.3 Å². The van der Waals surface area contributed by atoms with Crippen molar-refractivity contribution in [1.82, 2.24) is 5.32 Å². The van der Waals surface area contributed by atoms with Crippen LogP contribution in [0.5, 0.6) is 0 Å². The molecule has 0 unspecified atom stereocenters. The first kappa shape index (κ1) is 24.0. The van der Waals surface area contributed by atoms with Crippen LogP contribution < -0.4 is 10.6 Å². The van der Waals surface area contributed by atoms with E-state index in [-0.39, 0.29) is 24.7 Å². The summed E-state index contributed by atoms with van der Waals surface area (Å²) in [6.07, 6.45) is -0.643. The third kappa shape index (κ3) is 5.02. The summed E-state index contributed by atoms with van der Waals surface area (Å²) >= 11 is 0. The maximum atomic E-state index is 12.7. The van der Waals surface area contributed by atoms with Gasteiger partial charge in [-0.1, -0.05) is 54.6 Å². The first-order chi connectivity index (χ1) is 16.9. The SMILES string of the molecule is COC[C@H](NC(=O)c1cccc(NC(=O)OCC2c3ccccc3-c3ccccc32)c1C)C(=O)O. The number of rotatable bonds is 8. The van der Waals surface area contributed by atoms with Gasteiger partial charge in [-0.3, -0.25) is 10.1 Å². The van der Waals surface area contributed by atoms with Crippen molar-refractivity contribution in [3.63, 3.8) is 0 Å². The molecule has 8 nitrogen and oxygen atoms in total. The largest absolute Gasteiger partial charge is 0.480 e. The number of carboxylic acids is 1. The van der Waals surface area contributed by atoms with E-state index in [1.807, 2.05) is 36.4 Å². The third-order valence-corrected chi connectivity index (χ3v) is 6.10. The molecule has 0 heterocycles. The number of nitrogens with one attached hydrogen (secondary N) is 2. The second-order valence-corrected chi connectivity index (χ2v) is 8.25. The van der Waals surface area contributed by atoms with Gasteiger partial charge >= 0.3 is 12.1 Å². The Morgan fingerprint density at radius 2 is 1.57 bits per heavy atom. The van der Waals surface area contributed by atoms with E-state index < -0.39 is 24.0 Å². The number of ether oxygens (including phenoxy) is 2. The van der Waals surface area contributed by atoms with Crippen LogP contribution in [0.1, 0.15) is 33.0 Å². The average molecular weight is 475 g/mol. The topological polar surface area (TPSA) is 114 Å². The molecule has 1 atom stereocenters. The molecule has 4 rings (SSSR count). The van der Waals surface area contributed by atoms with Crippen molar-refractivity contribution < 1.29 is 29.0 Å². The predicted molar refractivity (Wildman–Crippen MR) is 131 cm³/mol. The van der Waals surface area contributed by atoms with E-state index >= 15 is 0 Å². The number of carbonyl (C=O) groups excluding carboxylic acids is 2. The smallest absolute Gasteiger partial charge is 0.411 e. The quantitative estimate of drug-likeness (QED) is 0.451. The van der Waals surface area contributed by atoms with Gasteiger partial charge in [0, 0.05) is 24.3 Å². The monoisotopic (exact) mass is 474 g/mol. The van der Waals surface area contributed by atoms with Gasteiger partial charge in [-0.05, 0) is 46.9 Å². The summed E-state index contributed by atoms with van der Waals surface area (Å²) in [4.78, 5) is 36.6.